The van der Waals surface area contributed by atoms with Crippen LogP contribution in [0, 0.1) is 5.92 Å². The first-order valence-electron chi connectivity index (χ1n) is 11.1. The van der Waals surface area contributed by atoms with Gasteiger partial charge in [0, 0.05) is 18.9 Å². The van der Waals surface area contributed by atoms with Gasteiger partial charge in [0.1, 0.15) is 18.7 Å². The zero-order valence-corrected chi connectivity index (χ0v) is 18.8. The molecular weight excluding hydrogens is 424 g/mol. The SMILES string of the molecule is CCC(C)[C@H](NC(=O)OCC1c2ccccc2-c2ccccc21)C(=O)N[C@H](CCO)C(=O)O. The molecule has 3 atom stereocenters. The predicted octanol–water partition coefficient (Wildman–Crippen LogP) is 2.89. The zero-order chi connectivity index (χ0) is 24.0. The van der Waals surface area contributed by atoms with Crippen LogP contribution < -0.4 is 10.6 Å². The number of hydrogen-bond donors (Lipinski definition) is 4. The molecule has 8 heteroatoms. The number of aliphatic carboxylic acids is 1. The van der Waals surface area contributed by atoms with Crippen LogP contribution in [0.15, 0.2) is 48.5 Å². The van der Waals surface area contributed by atoms with Crippen molar-refractivity contribution in [2.45, 2.75) is 44.7 Å². The summed E-state index contributed by atoms with van der Waals surface area (Å²) in [6.45, 7) is 3.38. The number of rotatable bonds is 10. The molecule has 33 heavy (non-hydrogen) atoms. The van der Waals surface area contributed by atoms with Gasteiger partial charge in [-0.05, 0) is 28.2 Å². The molecule has 176 valence electrons. The summed E-state index contributed by atoms with van der Waals surface area (Å²) in [4.78, 5) is 36.7. The molecule has 2 amide bonds. The van der Waals surface area contributed by atoms with Crippen LogP contribution in [-0.2, 0) is 14.3 Å². The summed E-state index contributed by atoms with van der Waals surface area (Å²) in [7, 11) is 0. The van der Waals surface area contributed by atoms with Crippen LogP contribution in [0.3, 0.4) is 0 Å². The average Bonchev–Trinajstić information content (AvgIpc) is 3.14. The molecule has 0 aromatic heterocycles. The van der Waals surface area contributed by atoms with Crippen molar-refractivity contribution in [2.24, 2.45) is 5.92 Å². The fourth-order valence-corrected chi connectivity index (χ4v) is 4.12. The number of nitrogens with one attached hydrogen (secondary N) is 2. The van der Waals surface area contributed by atoms with E-state index >= 15 is 0 Å². The molecule has 0 bridgehead atoms. The van der Waals surface area contributed by atoms with E-state index in [0.717, 1.165) is 22.3 Å². The van der Waals surface area contributed by atoms with Crippen LogP contribution >= 0.6 is 0 Å². The number of carbonyl (C=O) groups is 3. The lowest BCUT2D eigenvalue weighted by atomic mass is 9.97. The summed E-state index contributed by atoms with van der Waals surface area (Å²) in [6.07, 6.45) is -0.287. The van der Waals surface area contributed by atoms with E-state index in [1.165, 1.54) is 0 Å². The van der Waals surface area contributed by atoms with Gasteiger partial charge in [0.25, 0.3) is 0 Å². The third-order valence-corrected chi connectivity index (χ3v) is 6.14. The Kier molecular flexibility index (Phi) is 8.06. The van der Waals surface area contributed by atoms with Crippen LogP contribution in [0.4, 0.5) is 4.79 Å². The Morgan fingerprint density at radius 2 is 1.58 bits per heavy atom. The van der Waals surface area contributed by atoms with Gasteiger partial charge in [-0.1, -0.05) is 68.8 Å². The highest BCUT2D eigenvalue weighted by Crippen LogP contribution is 2.44. The molecule has 0 heterocycles. The Bertz CT molecular complexity index is 962. The van der Waals surface area contributed by atoms with E-state index < -0.39 is 30.1 Å². The molecule has 0 radical (unpaired) electrons. The molecular formula is C25H30N2O6. The van der Waals surface area contributed by atoms with Crippen molar-refractivity contribution in [1.29, 1.82) is 0 Å². The number of carbonyl (C=O) groups excluding carboxylic acids is 2. The van der Waals surface area contributed by atoms with Crippen molar-refractivity contribution in [1.82, 2.24) is 10.6 Å². The molecule has 1 aliphatic rings. The summed E-state index contributed by atoms with van der Waals surface area (Å²) >= 11 is 0. The Morgan fingerprint density at radius 3 is 2.09 bits per heavy atom. The minimum Gasteiger partial charge on any atom is -0.480 e. The number of alkyl carbamates (subject to hydrolysis) is 1. The molecule has 3 rings (SSSR count). The van der Waals surface area contributed by atoms with Crippen LogP contribution in [0.1, 0.15) is 43.7 Å². The van der Waals surface area contributed by atoms with Crippen LogP contribution in [0.25, 0.3) is 11.1 Å². The first kappa shape index (κ1) is 24.3. The number of aliphatic hydroxyl groups is 1. The fourth-order valence-electron chi connectivity index (χ4n) is 4.12. The maximum atomic E-state index is 12.7. The third kappa shape index (κ3) is 5.51. The molecule has 1 aliphatic carbocycles. The van der Waals surface area contributed by atoms with Crippen LogP contribution in [-0.4, -0.2) is 53.5 Å². The summed E-state index contributed by atoms with van der Waals surface area (Å²) < 4.78 is 5.53. The molecule has 1 unspecified atom stereocenters. The molecule has 0 aliphatic heterocycles. The molecule has 8 nitrogen and oxygen atoms in total. The van der Waals surface area contributed by atoms with Crippen LogP contribution in [0.2, 0.25) is 0 Å². The summed E-state index contributed by atoms with van der Waals surface area (Å²) in [5.41, 5.74) is 4.39. The second kappa shape index (κ2) is 11.0. The minimum atomic E-state index is -1.25. The van der Waals surface area contributed by atoms with Gasteiger partial charge in [0.15, 0.2) is 0 Å². The van der Waals surface area contributed by atoms with Crippen molar-refractivity contribution in [3.05, 3.63) is 59.7 Å². The Balaban J connectivity index is 1.68. The van der Waals surface area contributed by atoms with E-state index in [4.69, 9.17) is 9.84 Å². The Labute approximate surface area is 193 Å². The highest BCUT2D eigenvalue weighted by atomic mass is 16.5. The largest absolute Gasteiger partial charge is 0.480 e. The van der Waals surface area contributed by atoms with Gasteiger partial charge in [-0.25, -0.2) is 9.59 Å². The van der Waals surface area contributed by atoms with Gasteiger partial charge in [-0.2, -0.15) is 0 Å². The van der Waals surface area contributed by atoms with E-state index in [-0.39, 0.29) is 31.5 Å². The van der Waals surface area contributed by atoms with Gasteiger partial charge >= 0.3 is 12.1 Å². The minimum absolute atomic E-state index is 0.108. The highest BCUT2D eigenvalue weighted by Gasteiger charge is 2.32. The first-order chi connectivity index (χ1) is 15.9. The molecule has 0 saturated heterocycles. The molecule has 0 saturated carbocycles. The van der Waals surface area contributed by atoms with Gasteiger partial charge < -0.3 is 25.6 Å². The van der Waals surface area contributed by atoms with Crippen molar-refractivity contribution in [3.63, 3.8) is 0 Å². The van der Waals surface area contributed by atoms with Gasteiger partial charge in [-0.3, -0.25) is 4.79 Å². The van der Waals surface area contributed by atoms with E-state index in [9.17, 15) is 19.5 Å². The number of ether oxygens (including phenoxy) is 1. The van der Waals surface area contributed by atoms with Gasteiger partial charge in [0.2, 0.25) is 5.91 Å². The number of carboxylic acid groups (broad SMARTS) is 1. The lowest BCUT2D eigenvalue weighted by Gasteiger charge is -2.25. The van der Waals surface area contributed by atoms with Gasteiger partial charge in [0.05, 0.1) is 0 Å². The lowest BCUT2D eigenvalue weighted by Crippen LogP contribution is -2.54. The summed E-state index contributed by atoms with van der Waals surface area (Å²) in [5, 5.41) is 23.3. The standard InChI is InChI=1S/C25H30N2O6/c1-3-15(2)22(23(29)26-21(12-13-28)24(30)31)27-25(32)33-14-20-18-10-6-4-8-16(18)17-9-5-7-11-19(17)20/h4-11,15,20-22,28H,3,12-14H2,1-2H3,(H,26,29)(H,27,32)(H,30,31)/t15?,21-,22+/m1/s1. The normalized spacial score (nSPS) is 15.0. The van der Waals surface area contributed by atoms with E-state index in [2.05, 4.69) is 10.6 Å². The number of hydrogen-bond acceptors (Lipinski definition) is 5. The van der Waals surface area contributed by atoms with E-state index in [1.807, 2.05) is 55.5 Å². The second-order valence-electron chi connectivity index (χ2n) is 8.24. The quantitative estimate of drug-likeness (QED) is 0.438. The first-order valence-corrected chi connectivity index (χ1v) is 11.1. The molecule has 0 spiro atoms. The number of fused-ring (bicyclic) bond motifs is 3. The Hall–Kier alpha value is -3.39. The van der Waals surface area contributed by atoms with Crippen molar-refractivity contribution >= 4 is 18.0 Å². The maximum absolute atomic E-state index is 12.7. The monoisotopic (exact) mass is 454 g/mol. The fraction of sp³-hybridized carbons (Fsp3) is 0.400. The molecule has 2 aromatic rings. The molecule has 4 N–H and O–H groups in total. The molecule has 0 fully saturated rings. The highest BCUT2D eigenvalue weighted by molar-refractivity contribution is 5.89. The Morgan fingerprint density at radius 1 is 1.00 bits per heavy atom. The molecule has 2 aromatic carbocycles. The topological polar surface area (TPSA) is 125 Å². The summed E-state index contributed by atoms with van der Waals surface area (Å²) in [5.74, 6) is -2.24. The van der Waals surface area contributed by atoms with E-state index in [0.29, 0.717) is 6.42 Å². The zero-order valence-electron chi connectivity index (χ0n) is 18.8. The average molecular weight is 455 g/mol. The third-order valence-electron chi connectivity index (χ3n) is 6.14. The predicted molar refractivity (Wildman–Crippen MR) is 123 cm³/mol. The maximum Gasteiger partial charge on any atom is 0.407 e. The van der Waals surface area contributed by atoms with Crippen LogP contribution in [0.5, 0.6) is 0 Å². The number of aliphatic hydroxyl groups excluding tert-OH is 1. The van der Waals surface area contributed by atoms with Gasteiger partial charge in [-0.15, -0.1) is 0 Å². The lowest BCUT2D eigenvalue weighted by molar-refractivity contribution is -0.142. The van der Waals surface area contributed by atoms with Crippen molar-refractivity contribution < 1.29 is 29.3 Å². The van der Waals surface area contributed by atoms with E-state index in [1.54, 1.807) is 6.92 Å². The van der Waals surface area contributed by atoms with Crippen molar-refractivity contribution in [3.8, 4) is 11.1 Å². The second-order valence-corrected chi connectivity index (χ2v) is 8.24. The van der Waals surface area contributed by atoms with Crippen molar-refractivity contribution in [2.75, 3.05) is 13.2 Å². The number of carboxylic acids is 1. The summed E-state index contributed by atoms with van der Waals surface area (Å²) in [6, 6.07) is 13.8. The smallest absolute Gasteiger partial charge is 0.407 e. The number of benzene rings is 2. The number of amides is 2.